The minimum atomic E-state index is -0.664. The molecule has 0 unspecified atom stereocenters. The lowest BCUT2D eigenvalue weighted by Gasteiger charge is -2.16. The normalized spacial score (nSPS) is 12.8. The number of ether oxygens (including phenoxy) is 3. The van der Waals surface area contributed by atoms with Gasteiger partial charge in [-0.25, -0.2) is 4.79 Å². The summed E-state index contributed by atoms with van der Waals surface area (Å²) in [6.07, 6.45) is 1.96. The van der Waals surface area contributed by atoms with Gasteiger partial charge in [0.1, 0.15) is 11.5 Å². The molecule has 0 bridgehead atoms. The molecule has 2 rings (SSSR count). The zero-order chi connectivity index (χ0) is 18.9. The van der Waals surface area contributed by atoms with E-state index in [1.165, 1.54) is 11.9 Å². The fourth-order valence-corrected chi connectivity index (χ4v) is 2.04. The van der Waals surface area contributed by atoms with Gasteiger partial charge >= 0.3 is 5.97 Å². The van der Waals surface area contributed by atoms with Crippen LogP contribution < -0.4 is 14.8 Å². The van der Waals surface area contributed by atoms with Crippen molar-refractivity contribution in [3.63, 3.8) is 0 Å². The summed E-state index contributed by atoms with van der Waals surface area (Å²) in [4.78, 5) is 36.4. The second-order valence-electron chi connectivity index (χ2n) is 5.95. The third kappa shape index (κ3) is 7.00. The molecule has 8 heteroatoms. The topological polar surface area (TPSA) is 94.2 Å². The second kappa shape index (κ2) is 9.65. The van der Waals surface area contributed by atoms with Crippen LogP contribution in [0.1, 0.15) is 19.8 Å². The molecule has 8 nitrogen and oxygen atoms in total. The van der Waals surface area contributed by atoms with Crippen LogP contribution in [0.2, 0.25) is 0 Å². The van der Waals surface area contributed by atoms with Gasteiger partial charge in [0.25, 0.3) is 5.91 Å². The average molecular weight is 364 g/mol. The highest BCUT2D eigenvalue weighted by Crippen LogP contribution is 2.18. The summed E-state index contributed by atoms with van der Waals surface area (Å²) in [5, 5.41) is 2.79. The van der Waals surface area contributed by atoms with Crippen LogP contribution in [0, 0.1) is 0 Å². The molecular formula is C18H24N2O6. The van der Waals surface area contributed by atoms with Crippen molar-refractivity contribution in [3.8, 4) is 11.5 Å². The van der Waals surface area contributed by atoms with Crippen molar-refractivity contribution in [2.45, 2.75) is 25.8 Å². The predicted octanol–water partition coefficient (Wildman–Crippen LogP) is 0.744. The van der Waals surface area contributed by atoms with Crippen LogP contribution >= 0.6 is 0 Å². The molecular weight excluding hydrogens is 340 g/mol. The Morgan fingerprint density at radius 1 is 1.08 bits per heavy atom. The number of esters is 1. The van der Waals surface area contributed by atoms with Crippen LogP contribution in [-0.4, -0.2) is 62.1 Å². The molecule has 0 radical (unpaired) electrons. The van der Waals surface area contributed by atoms with Gasteiger partial charge in [-0.05, 0) is 44.0 Å². The summed E-state index contributed by atoms with van der Waals surface area (Å²) in [7, 11) is 1.49. The molecule has 0 heterocycles. The minimum Gasteiger partial charge on any atom is -0.494 e. The number of rotatable bonds is 10. The van der Waals surface area contributed by atoms with Gasteiger partial charge in [0.05, 0.1) is 13.2 Å². The Morgan fingerprint density at radius 2 is 1.69 bits per heavy atom. The van der Waals surface area contributed by atoms with Crippen LogP contribution in [-0.2, 0) is 19.1 Å². The second-order valence-corrected chi connectivity index (χ2v) is 5.95. The molecule has 1 aliphatic rings. The van der Waals surface area contributed by atoms with Gasteiger partial charge in [-0.15, -0.1) is 0 Å². The number of likely N-dealkylation sites (N-methyl/N-ethyl adjacent to an activating group) is 1. The number of carbonyl (C=O) groups excluding carboxylic acids is 3. The lowest BCUT2D eigenvalue weighted by atomic mass is 10.3. The van der Waals surface area contributed by atoms with Crippen molar-refractivity contribution < 1.29 is 28.6 Å². The first kappa shape index (κ1) is 19.6. The molecule has 0 saturated heterocycles. The summed E-state index contributed by atoms with van der Waals surface area (Å²) < 4.78 is 15.5. The van der Waals surface area contributed by atoms with Crippen molar-refractivity contribution in [1.82, 2.24) is 10.2 Å². The highest BCUT2D eigenvalue weighted by Gasteiger charge is 2.24. The fraction of sp³-hybridized carbons (Fsp3) is 0.500. The molecule has 1 aromatic carbocycles. The number of benzene rings is 1. The summed E-state index contributed by atoms with van der Waals surface area (Å²) >= 11 is 0. The summed E-state index contributed by atoms with van der Waals surface area (Å²) in [6, 6.07) is 7.05. The third-order valence-corrected chi connectivity index (χ3v) is 3.60. The van der Waals surface area contributed by atoms with Gasteiger partial charge in [-0.2, -0.15) is 0 Å². The number of carbonyl (C=O) groups is 3. The molecule has 1 aliphatic carbocycles. The molecule has 1 aromatic rings. The van der Waals surface area contributed by atoms with Gasteiger partial charge in [0.15, 0.2) is 13.2 Å². The first-order valence-corrected chi connectivity index (χ1v) is 8.52. The SMILES string of the molecule is CCOc1ccc(OCC(=O)OCC(=O)N(C)CC(=O)NC2CC2)cc1. The highest BCUT2D eigenvalue weighted by molar-refractivity contribution is 5.86. The van der Waals surface area contributed by atoms with Crippen molar-refractivity contribution >= 4 is 17.8 Å². The number of nitrogens with one attached hydrogen (secondary N) is 1. The Balaban J connectivity index is 1.63. The van der Waals surface area contributed by atoms with Gasteiger partial charge in [-0.1, -0.05) is 0 Å². The Labute approximate surface area is 152 Å². The lowest BCUT2D eigenvalue weighted by Crippen LogP contribution is -2.40. The van der Waals surface area contributed by atoms with Gasteiger partial charge in [0, 0.05) is 13.1 Å². The fourth-order valence-electron chi connectivity index (χ4n) is 2.04. The van der Waals surface area contributed by atoms with E-state index in [1.807, 2.05) is 6.92 Å². The monoisotopic (exact) mass is 364 g/mol. The van der Waals surface area contributed by atoms with Gasteiger partial charge in [0.2, 0.25) is 5.91 Å². The van der Waals surface area contributed by atoms with E-state index in [1.54, 1.807) is 24.3 Å². The van der Waals surface area contributed by atoms with E-state index in [0.717, 1.165) is 12.8 Å². The zero-order valence-corrected chi connectivity index (χ0v) is 15.0. The summed E-state index contributed by atoms with van der Waals surface area (Å²) in [5.41, 5.74) is 0. The first-order valence-electron chi connectivity index (χ1n) is 8.52. The Kier molecular flexibility index (Phi) is 7.25. The molecule has 0 aromatic heterocycles. The number of amides is 2. The standard InChI is InChI=1S/C18H24N2O6/c1-3-24-14-6-8-15(9-7-14)25-12-18(23)26-11-17(22)20(2)10-16(21)19-13-4-5-13/h6-9,13H,3-5,10-12H2,1-2H3,(H,19,21). The van der Waals surface area contributed by atoms with Crippen LogP contribution in [0.4, 0.5) is 0 Å². The van der Waals surface area contributed by atoms with E-state index in [-0.39, 0.29) is 25.1 Å². The maximum atomic E-state index is 11.9. The van der Waals surface area contributed by atoms with E-state index >= 15 is 0 Å². The number of hydrogen-bond donors (Lipinski definition) is 1. The number of hydrogen-bond acceptors (Lipinski definition) is 6. The maximum absolute atomic E-state index is 11.9. The third-order valence-electron chi connectivity index (χ3n) is 3.60. The zero-order valence-electron chi connectivity index (χ0n) is 15.0. The smallest absolute Gasteiger partial charge is 0.344 e. The quantitative estimate of drug-likeness (QED) is 0.616. The molecule has 2 amide bonds. The molecule has 142 valence electrons. The van der Waals surface area contributed by atoms with E-state index in [0.29, 0.717) is 18.1 Å². The van der Waals surface area contributed by atoms with Crippen LogP contribution in [0.5, 0.6) is 11.5 Å². The minimum absolute atomic E-state index is 0.0600. The van der Waals surface area contributed by atoms with E-state index in [2.05, 4.69) is 5.32 Å². The molecule has 1 N–H and O–H groups in total. The molecule has 0 spiro atoms. The van der Waals surface area contributed by atoms with Crippen molar-refractivity contribution in [3.05, 3.63) is 24.3 Å². The number of nitrogens with zero attached hydrogens (tertiary/aromatic N) is 1. The average Bonchev–Trinajstić information content (AvgIpc) is 3.43. The van der Waals surface area contributed by atoms with Crippen LogP contribution in [0.3, 0.4) is 0 Å². The molecule has 26 heavy (non-hydrogen) atoms. The van der Waals surface area contributed by atoms with E-state index in [9.17, 15) is 14.4 Å². The lowest BCUT2D eigenvalue weighted by molar-refractivity contribution is -0.153. The Bertz CT molecular complexity index is 627. The van der Waals surface area contributed by atoms with Crippen LogP contribution in [0.25, 0.3) is 0 Å². The molecule has 0 atom stereocenters. The van der Waals surface area contributed by atoms with Crippen molar-refractivity contribution in [2.24, 2.45) is 0 Å². The first-order chi connectivity index (χ1) is 12.5. The van der Waals surface area contributed by atoms with Crippen molar-refractivity contribution in [1.29, 1.82) is 0 Å². The predicted molar refractivity (Wildman–Crippen MR) is 92.9 cm³/mol. The highest BCUT2D eigenvalue weighted by atomic mass is 16.6. The van der Waals surface area contributed by atoms with E-state index < -0.39 is 18.5 Å². The van der Waals surface area contributed by atoms with Gasteiger partial charge < -0.3 is 24.4 Å². The maximum Gasteiger partial charge on any atom is 0.344 e. The van der Waals surface area contributed by atoms with Gasteiger partial charge in [-0.3, -0.25) is 9.59 Å². The Hall–Kier alpha value is -2.77. The summed E-state index contributed by atoms with van der Waals surface area (Å²) in [5.74, 6) is -0.130. The van der Waals surface area contributed by atoms with Crippen molar-refractivity contribution in [2.75, 3.05) is 33.4 Å². The Morgan fingerprint density at radius 3 is 2.27 bits per heavy atom. The summed E-state index contributed by atoms with van der Waals surface area (Å²) in [6.45, 7) is 1.65. The largest absolute Gasteiger partial charge is 0.494 e. The molecule has 1 fully saturated rings. The molecule has 0 aliphatic heterocycles. The van der Waals surface area contributed by atoms with E-state index in [4.69, 9.17) is 14.2 Å². The van der Waals surface area contributed by atoms with Crippen LogP contribution in [0.15, 0.2) is 24.3 Å². The molecule has 1 saturated carbocycles.